The van der Waals surface area contributed by atoms with Crippen LogP contribution in [0.1, 0.15) is 85.0 Å². The fourth-order valence-corrected chi connectivity index (χ4v) is 2.18. The van der Waals surface area contributed by atoms with Gasteiger partial charge in [-0.15, -0.1) is 0 Å². The van der Waals surface area contributed by atoms with Gasteiger partial charge in [0.05, 0.1) is 0 Å². The van der Waals surface area contributed by atoms with E-state index in [2.05, 4.69) is 13.5 Å². The highest BCUT2D eigenvalue weighted by molar-refractivity contribution is 5.87. The zero-order valence-corrected chi connectivity index (χ0v) is 15.2. The Labute approximate surface area is 141 Å². The summed E-state index contributed by atoms with van der Waals surface area (Å²) in [6.07, 6.45) is 11.0. The van der Waals surface area contributed by atoms with Gasteiger partial charge in [0, 0.05) is 12.0 Å². The minimum atomic E-state index is -0.451. The molecular weight excluding hydrogens is 292 g/mol. The molecule has 0 rings (SSSR count). The first kappa shape index (κ1) is 21.7. The summed E-state index contributed by atoms with van der Waals surface area (Å²) in [6, 6.07) is 0. The van der Waals surface area contributed by atoms with Gasteiger partial charge in [-0.25, -0.2) is 4.79 Å². The highest BCUT2D eigenvalue weighted by Crippen LogP contribution is 2.11. The Hall–Kier alpha value is -1.32. The lowest BCUT2D eigenvalue weighted by Crippen LogP contribution is -2.22. The molecule has 0 fully saturated rings. The maximum absolute atomic E-state index is 11.6. The number of hydrogen-bond acceptors (Lipinski definition) is 4. The van der Waals surface area contributed by atoms with E-state index < -0.39 is 12.1 Å². The summed E-state index contributed by atoms with van der Waals surface area (Å²) in [5.41, 5.74) is 0.345. The molecule has 4 nitrogen and oxygen atoms in total. The molecule has 0 heterocycles. The zero-order chi connectivity index (χ0) is 17.5. The van der Waals surface area contributed by atoms with Crippen molar-refractivity contribution < 1.29 is 19.1 Å². The molecule has 0 aromatic heterocycles. The largest absolute Gasteiger partial charge is 0.462 e. The van der Waals surface area contributed by atoms with Crippen LogP contribution in [0.3, 0.4) is 0 Å². The third-order valence-electron chi connectivity index (χ3n) is 3.62. The van der Waals surface area contributed by atoms with E-state index in [4.69, 9.17) is 9.47 Å². The number of esters is 2. The van der Waals surface area contributed by atoms with Crippen molar-refractivity contribution in [3.63, 3.8) is 0 Å². The molecule has 0 spiro atoms. The van der Waals surface area contributed by atoms with Crippen molar-refractivity contribution in [3.8, 4) is 0 Å². The second kappa shape index (κ2) is 14.3. The molecule has 0 aliphatic rings. The maximum atomic E-state index is 11.6. The molecular formula is C19H34O4. The molecule has 0 saturated carbocycles. The van der Waals surface area contributed by atoms with Gasteiger partial charge in [-0.3, -0.25) is 4.79 Å². The van der Waals surface area contributed by atoms with Crippen LogP contribution in [-0.2, 0) is 19.1 Å². The molecule has 1 atom stereocenters. The summed E-state index contributed by atoms with van der Waals surface area (Å²) in [5.74, 6) is -0.668. The van der Waals surface area contributed by atoms with Crippen LogP contribution in [0, 0.1) is 0 Å². The smallest absolute Gasteiger partial charge is 0.333 e. The van der Waals surface area contributed by atoms with Crippen molar-refractivity contribution in [1.29, 1.82) is 0 Å². The van der Waals surface area contributed by atoms with Crippen molar-refractivity contribution >= 4 is 11.9 Å². The van der Waals surface area contributed by atoms with Crippen LogP contribution in [0.4, 0.5) is 0 Å². The monoisotopic (exact) mass is 326 g/mol. The molecule has 0 aliphatic carbocycles. The van der Waals surface area contributed by atoms with E-state index in [1.54, 1.807) is 13.8 Å². The van der Waals surface area contributed by atoms with Crippen LogP contribution in [0.25, 0.3) is 0 Å². The highest BCUT2D eigenvalue weighted by Gasteiger charge is 2.12. The Balaban J connectivity index is 3.46. The average Bonchev–Trinajstić information content (AvgIpc) is 2.51. The lowest BCUT2D eigenvalue weighted by molar-refractivity contribution is -0.155. The molecule has 0 aromatic rings. The second-order valence-corrected chi connectivity index (χ2v) is 6.26. The number of hydrogen-bond donors (Lipinski definition) is 0. The minimum Gasteiger partial charge on any atom is -0.462 e. The average molecular weight is 326 g/mol. The Morgan fingerprint density at radius 1 is 0.957 bits per heavy atom. The standard InChI is InChI=1S/C19H34O4/c1-5-6-7-8-9-10-11-12-13-14-18(20)22-15-17(4)23-19(21)16(2)3/h17H,2,5-15H2,1,3-4H3. The maximum Gasteiger partial charge on any atom is 0.333 e. The molecule has 0 bridgehead atoms. The topological polar surface area (TPSA) is 52.6 Å². The van der Waals surface area contributed by atoms with Crippen molar-refractivity contribution in [2.24, 2.45) is 0 Å². The van der Waals surface area contributed by atoms with E-state index in [0.717, 1.165) is 12.8 Å². The van der Waals surface area contributed by atoms with Crippen LogP contribution in [0.15, 0.2) is 12.2 Å². The summed E-state index contributed by atoms with van der Waals surface area (Å²) in [5, 5.41) is 0. The number of carbonyl (C=O) groups is 2. The van der Waals surface area contributed by atoms with Gasteiger partial charge in [-0.2, -0.15) is 0 Å². The van der Waals surface area contributed by atoms with Crippen molar-refractivity contribution in [2.75, 3.05) is 6.61 Å². The SMILES string of the molecule is C=C(C)C(=O)OC(C)COC(=O)CCCCCCCCCCC. The van der Waals surface area contributed by atoms with E-state index in [9.17, 15) is 9.59 Å². The summed E-state index contributed by atoms with van der Waals surface area (Å²) >= 11 is 0. The zero-order valence-electron chi connectivity index (χ0n) is 15.2. The van der Waals surface area contributed by atoms with Crippen molar-refractivity contribution in [1.82, 2.24) is 0 Å². The molecule has 0 saturated heterocycles. The molecule has 0 N–H and O–H groups in total. The van der Waals surface area contributed by atoms with Gasteiger partial charge in [0.15, 0.2) is 0 Å². The molecule has 1 unspecified atom stereocenters. The van der Waals surface area contributed by atoms with Crippen LogP contribution in [0.2, 0.25) is 0 Å². The van der Waals surface area contributed by atoms with Crippen molar-refractivity contribution in [3.05, 3.63) is 12.2 Å². The quantitative estimate of drug-likeness (QED) is 0.257. The molecule has 4 heteroatoms. The Kier molecular flexibility index (Phi) is 13.5. The van der Waals surface area contributed by atoms with E-state index in [-0.39, 0.29) is 12.6 Å². The van der Waals surface area contributed by atoms with Gasteiger partial charge in [0.1, 0.15) is 12.7 Å². The van der Waals surface area contributed by atoms with E-state index in [1.807, 2.05) is 0 Å². The number of carbonyl (C=O) groups excluding carboxylic acids is 2. The normalized spacial score (nSPS) is 11.8. The Bertz CT molecular complexity index is 349. The van der Waals surface area contributed by atoms with Gasteiger partial charge < -0.3 is 9.47 Å². The lowest BCUT2D eigenvalue weighted by atomic mass is 10.1. The predicted molar refractivity (Wildman–Crippen MR) is 93.2 cm³/mol. The number of rotatable bonds is 14. The van der Waals surface area contributed by atoms with Crippen LogP contribution in [-0.4, -0.2) is 24.6 Å². The third kappa shape index (κ3) is 14.0. The van der Waals surface area contributed by atoms with Gasteiger partial charge in [0.2, 0.25) is 0 Å². The van der Waals surface area contributed by atoms with Crippen LogP contribution >= 0.6 is 0 Å². The fraction of sp³-hybridized carbons (Fsp3) is 0.789. The Morgan fingerprint density at radius 3 is 2.00 bits per heavy atom. The highest BCUT2D eigenvalue weighted by atomic mass is 16.6. The number of ether oxygens (including phenoxy) is 2. The molecule has 23 heavy (non-hydrogen) atoms. The summed E-state index contributed by atoms with van der Waals surface area (Å²) in [6.45, 7) is 9.13. The first-order valence-electron chi connectivity index (χ1n) is 8.99. The van der Waals surface area contributed by atoms with Crippen LogP contribution in [0.5, 0.6) is 0 Å². The third-order valence-corrected chi connectivity index (χ3v) is 3.62. The van der Waals surface area contributed by atoms with Gasteiger partial charge in [0.25, 0.3) is 0 Å². The van der Waals surface area contributed by atoms with E-state index >= 15 is 0 Å². The Morgan fingerprint density at radius 2 is 1.48 bits per heavy atom. The second-order valence-electron chi connectivity index (χ2n) is 6.26. The minimum absolute atomic E-state index is 0.106. The molecule has 134 valence electrons. The summed E-state index contributed by atoms with van der Waals surface area (Å²) in [4.78, 5) is 22.9. The van der Waals surface area contributed by atoms with E-state index in [0.29, 0.717) is 12.0 Å². The van der Waals surface area contributed by atoms with Gasteiger partial charge >= 0.3 is 11.9 Å². The van der Waals surface area contributed by atoms with Crippen molar-refractivity contribution in [2.45, 2.75) is 91.1 Å². The summed E-state index contributed by atoms with van der Waals surface area (Å²) < 4.78 is 10.2. The van der Waals surface area contributed by atoms with Gasteiger partial charge in [-0.1, -0.05) is 64.9 Å². The molecule has 0 radical (unpaired) electrons. The first-order valence-corrected chi connectivity index (χ1v) is 8.99. The molecule has 0 aliphatic heterocycles. The van der Waals surface area contributed by atoms with Crippen LogP contribution < -0.4 is 0 Å². The number of unbranched alkanes of at least 4 members (excludes halogenated alkanes) is 8. The lowest BCUT2D eigenvalue weighted by Gasteiger charge is -2.13. The first-order chi connectivity index (χ1) is 11.0. The predicted octanol–water partition coefficient (Wildman–Crippen LogP) is 4.96. The fourth-order valence-electron chi connectivity index (χ4n) is 2.18. The van der Waals surface area contributed by atoms with E-state index in [1.165, 1.54) is 44.9 Å². The summed E-state index contributed by atoms with van der Waals surface area (Å²) in [7, 11) is 0. The molecule has 0 aromatic carbocycles. The molecule has 0 amide bonds. The van der Waals surface area contributed by atoms with Gasteiger partial charge in [-0.05, 0) is 20.3 Å².